The third-order valence-corrected chi connectivity index (χ3v) is 20.1. The lowest BCUT2D eigenvalue weighted by Crippen LogP contribution is -2.30. The predicted octanol–water partition coefficient (Wildman–Crippen LogP) is 22.6. The van der Waals surface area contributed by atoms with Gasteiger partial charge in [-0.25, -0.2) is 9.13 Å². The highest BCUT2D eigenvalue weighted by Gasteiger charge is 2.30. The van der Waals surface area contributed by atoms with Gasteiger partial charge >= 0.3 is 39.5 Å². The molecule has 17 nitrogen and oxygen atoms in total. The Morgan fingerprint density at radius 3 is 0.792 bits per heavy atom. The van der Waals surface area contributed by atoms with Gasteiger partial charge in [0.2, 0.25) is 0 Å². The molecule has 0 radical (unpaired) electrons. The number of aliphatic hydroxyl groups is 1. The summed E-state index contributed by atoms with van der Waals surface area (Å²) in [6, 6.07) is 0. The summed E-state index contributed by atoms with van der Waals surface area (Å²) >= 11 is 0. The van der Waals surface area contributed by atoms with Gasteiger partial charge in [0.25, 0.3) is 0 Å². The summed E-state index contributed by atoms with van der Waals surface area (Å²) in [5.74, 6) is 0.216. The molecule has 3 N–H and O–H groups in total. The van der Waals surface area contributed by atoms with E-state index in [0.717, 1.165) is 108 Å². The number of hydrogen-bond acceptors (Lipinski definition) is 15. The van der Waals surface area contributed by atoms with E-state index in [1.54, 1.807) is 0 Å². The molecule has 0 rings (SSSR count). The third-order valence-electron chi connectivity index (χ3n) is 18.2. The highest BCUT2D eigenvalue weighted by Crippen LogP contribution is 2.45. The zero-order valence-corrected chi connectivity index (χ0v) is 64.6. The molecular weight excluding hydrogens is 1260 g/mol. The van der Waals surface area contributed by atoms with E-state index >= 15 is 0 Å². The van der Waals surface area contributed by atoms with E-state index in [1.165, 1.54) is 199 Å². The molecule has 0 aliphatic rings. The van der Waals surface area contributed by atoms with Crippen molar-refractivity contribution >= 4 is 39.5 Å². The van der Waals surface area contributed by atoms with Crippen LogP contribution in [0.15, 0.2) is 0 Å². The molecule has 96 heavy (non-hydrogen) atoms. The van der Waals surface area contributed by atoms with Crippen molar-refractivity contribution < 1.29 is 80.2 Å². The molecule has 0 aliphatic carbocycles. The summed E-state index contributed by atoms with van der Waals surface area (Å²) in [5, 5.41) is 10.6. The Labute approximate surface area is 588 Å². The normalized spacial score (nSPS) is 14.3. The van der Waals surface area contributed by atoms with Crippen LogP contribution in [-0.2, 0) is 65.4 Å². The van der Waals surface area contributed by atoms with Gasteiger partial charge in [0.1, 0.15) is 19.3 Å². The molecule has 0 amide bonds. The Hall–Kier alpha value is -1.94. The number of unbranched alkanes of at least 4 members (excludes halogenated alkanes) is 42. The molecule has 0 spiro atoms. The van der Waals surface area contributed by atoms with E-state index in [1.807, 2.05) is 0 Å². The van der Waals surface area contributed by atoms with Gasteiger partial charge in [0.05, 0.1) is 26.4 Å². The first-order valence-electron chi connectivity index (χ1n) is 39.9. The van der Waals surface area contributed by atoms with Gasteiger partial charge in [-0.05, 0) is 43.4 Å². The molecule has 0 aromatic heterocycles. The zero-order valence-electron chi connectivity index (χ0n) is 62.8. The lowest BCUT2D eigenvalue weighted by molar-refractivity contribution is -0.161. The Balaban J connectivity index is 5.16. The van der Waals surface area contributed by atoms with Crippen LogP contribution in [0.1, 0.15) is 395 Å². The highest BCUT2D eigenvalue weighted by atomic mass is 31.2. The summed E-state index contributed by atoms with van der Waals surface area (Å²) in [6.45, 7) is 11.9. The van der Waals surface area contributed by atoms with Crippen molar-refractivity contribution in [1.29, 1.82) is 0 Å². The summed E-state index contributed by atoms with van der Waals surface area (Å²) in [5.41, 5.74) is 0. The highest BCUT2D eigenvalue weighted by molar-refractivity contribution is 7.47. The molecule has 0 saturated heterocycles. The Morgan fingerprint density at radius 1 is 0.302 bits per heavy atom. The van der Waals surface area contributed by atoms with Crippen LogP contribution in [0.25, 0.3) is 0 Å². The second-order valence-electron chi connectivity index (χ2n) is 28.9. The maximum absolute atomic E-state index is 13.1. The van der Waals surface area contributed by atoms with E-state index in [2.05, 4.69) is 48.5 Å². The van der Waals surface area contributed by atoms with Crippen molar-refractivity contribution in [2.45, 2.75) is 414 Å². The molecule has 0 aliphatic heterocycles. The van der Waals surface area contributed by atoms with Crippen LogP contribution in [-0.4, -0.2) is 96.7 Å². The number of ether oxygens (including phenoxy) is 4. The number of rotatable bonds is 75. The van der Waals surface area contributed by atoms with Crippen LogP contribution in [0.2, 0.25) is 0 Å². The van der Waals surface area contributed by atoms with Crippen molar-refractivity contribution in [3.05, 3.63) is 0 Å². The molecule has 19 heteroatoms. The predicted molar refractivity (Wildman–Crippen MR) is 391 cm³/mol. The molecule has 570 valence electrons. The maximum Gasteiger partial charge on any atom is 0.472 e. The lowest BCUT2D eigenvalue weighted by atomic mass is 9.99. The van der Waals surface area contributed by atoms with Gasteiger partial charge < -0.3 is 33.8 Å². The fourth-order valence-electron chi connectivity index (χ4n) is 11.7. The van der Waals surface area contributed by atoms with E-state index in [-0.39, 0.29) is 25.7 Å². The molecule has 3 unspecified atom stereocenters. The Morgan fingerprint density at radius 2 is 0.531 bits per heavy atom. The molecule has 0 aromatic rings. The van der Waals surface area contributed by atoms with Gasteiger partial charge in [-0.3, -0.25) is 37.3 Å². The maximum atomic E-state index is 13.1. The topological polar surface area (TPSA) is 237 Å². The van der Waals surface area contributed by atoms with Crippen molar-refractivity contribution in [3.63, 3.8) is 0 Å². The quantitative estimate of drug-likeness (QED) is 0.0222. The average Bonchev–Trinajstić information content (AvgIpc) is 1.13. The number of phosphoric ester groups is 2. The minimum atomic E-state index is -4.96. The minimum absolute atomic E-state index is 0.102. The number of phosphoric acid groups is 2. The van der Waals surface area contributed by atoms with E-state index < -0.39 is 97.5 Å². The summed E-state index contributed by atoms with van der Waals surface area (Å²) in [6.07, 6.45) is 54.5. The first-order chi connectivity index (χ1) is 46.3. The number of carbonyl (C=O) groups is 4. The fraction of sp³-hybridized carbons (Fsp3) is 0.948. The van der Waals surface area contributed by atoms with Crippen LogP contribution in [0.5, 0.6) is 0 Å². The van der Waals surface area contributed by atoms with Crippen LogP contribution in [0.3, 0.4) is 0 Å². The van der Waals surface area contributed by atoms with Crippen molar-refractivity contribution in [2.75, 3.05) is 39.6 Å². The molecule has 0 saturated carbocycles. The molecular formula is C77H150O17P2. The lowest BCUT2D eigenvalue weighted by Gasteiger charge is -2.21. The van der Waals surface area contributed by atoms with Crippen molar-refractivity contribution in [3.8, 4) is 0 Å². The molecule has 0 fully saturated rings. The zero-order chi connectivity index (χ0) is 70.9. The SMILES string of the molecule is CCCCCCCCCCC(=O)OC[C@H](COP(=O)(O)OC[C@H](O)COP(=O)(O)OC[C@@H](COC(=O)CCCCCCCCCCCCCCCCC(C)CC)OC(=O)CCCCCCCCCCCCCCCCCCCCC(C)C)OC(=O)CCCCCCCCC(C)C. The van der Waals surface area contributed by atoms with Crippen LogP contribution >= 0.6 is 15.6 Å². The van der Waals surface area contributed by atoms with Crippen molar-refractivity contribution in [1.82, 2.24) is 0 Å². The average molecular weight is 1410 g/mol. The number of carbonyl (C=O) groups excluding carboxylic acids is 4. The van der Waals surface area contributed by atoms with Crippen LogP contribution in [0, 0.1) is 17.8 Å². The van der Waals surface area contributed by atoms with Gasteiger partial charge in [-0.15, -0.1) is 0 Å². The monoisotopic (exact) mass is 1410 g/mol. The fourth-order valence-corrected chi connectivity index (χ4v) is 13.3. The van der Waals surface area contributed by atoms with Gasteiger partial charge in [0, 0.05) is 25.7 Å². The summed E-state index contributed by atoms with van der Waals surface area (Å²) < 4.78 is 68.4. The smallest absolute Gasteiger partial charge is 0.462 e. The Bertz CT molecular complexity index is 1870. The van der Waals surface area contributed by atoms with Gasteiger partial charge in [0.15, 0.2) is 12.2 Å². The minimum Gasteiger partial charge on any atom is -0.462 e. The summed E-state index contributed by atoms with van der Waals surface area (Å²) in [7, 11) is -9.91. The molecule has 0 aromatic carbocycles. The van der Waals surface area contributed by atoms with Gasteiger partial charge in [-0.1, -0.05) is 344 Å². The Kier molecular flexibility index (Phi) is 66.2. The molecule has 0 bridgehead atoms. The van der Waals surface area contributed by atoms with Crippen LogP contribution in [0.4, 0.5) is 0 Å². The largest absolute Gasteiger partial charge is 0.472 e. The van der Waals surface area contributed by atoms with Gasteiger partial charge in [-0.2, -0.15) is 0 Å². The van der Waals surface area contributed by atoms with E-state index in [9.17, 15) is 43.2 Å². The number of hydrogen-bond donors (Lipinski definition) is 3. The summed E-state index contributed by atoms with van der Waals surface area (Å²) in [4.78, 5) is 72.6. The number of esters is 4. The molecule has 0 heterocycles. The van der Waals surface area contributed by atoms with E-state index in [0.29, 0.717) is 31.6 Å². The van der Waals surface area contributed by atoms with Crippen LogP contribution < -0.4 is 0 Å². The first-order valence-corrected chi connectivity index (χ1v) is 42.9. The molecule has 6 atom stereocenters. The second kappa shape index (κ2) is 67.5. The second-order valence-corrected chi connectivity index (χ2v) is 31.8. The van der Waals surface area contributed by atoms with Crippen molar-refractivity contribution in [2.24, 2.45) is 17.8 Å². The third kappa shape index (κ3) is 69.2. The van der Waals surface area contributed by atoms with E-state index in [4.69, 9.17) is 37.0 Å². The standard InChI is InChI=1S/C77H150O17P2/c1-8-10-11-12-13-36-44-51-58-74(79)87-65-73(94-77(82)61-54-47-40-39-42-49-56-69(5)6)67-92-96(85,86)90-63-71(78)62-89-95(83,84)91-66-72(64-88-75(80)59-52-45-37-32-28-24-21-20-23-27-31-35-43-50-57-70(7)9-2)93-76(81)60-53-46-38-33-29-25-19-17-15-14-16-18-22-26-30-34-41-48-55-68(3)4/h68-73,78H,8-67H2,1-7H3,(H,83,84)(H,85,86)/t70?,71-,72-,73-/m1/s1. The number of aliphatic hydroxyl groups excluding tert-OH is 1. The first kappa shape index (κ1) is 94.1.